The van der Waals surface area contributed by atoms with Gasteiger partial charge in [0.05, 0.1) is 0 Å². The molecule has 0 aromatic carbocycles. The summed E-state index contributed by atoms with van der Waals surface area (Å²) in [5, 5.41) is 0. The van der Waals surface area contributed by atoms with Crippen LogP contribution in [0, 0.1) is 0 Å². The van der Waals surface area contributed by atoms with Crippen LogP contribution in [0.4, 0.5) is 0 Å². The normalized spacial score (nSPS) is 12.4. The summed E-state index contributed by atoms with van der Waals surface area (Å²) in [6.07, 6.45) is 30.3. The highest BCUT2D eigenvalue weighted by Crippen LogP contribution is 2.01. The van der Waals surface area contributed by atoms with Crippen LogP contribution in [0.25, 0.3) is 0 Å². The van der Waals surface area contributed by atoms with Crippen molar-refractivity contribution < 1.29 is 4.79 Å². The molecule has 1 radical (unpaired) electrons. The van der Waals surface area contributed by atoms with Gasteiger partial charge >= 0.3 is 0 Å². The van der Waals surface area contributed by atoms with E-state index in [1.54, 1.807) is 0 Å². The molecule has 0 heterocycles. The molecule has 0 rings (SSSR count). The maximum Gasteiger partial charge on any atom is 0.198 e. The average molecular weight is 287 g/mol. The Kier molecular flexibility index (Phi) is 17.4. The van der Waals surface area contributed by atoms with E-state index in [-0.39, 0.29) is 0 Å². The molecule has 0 bridgehead atoms. The van der Waals surface area contributed by atoms with E-state index in [2.05, 4.69) is 55.5 Å². The Morgan fingerprint density at radius 1 is 0.667 bits per heavy atom. The Hall–Kier alpha value is -1.37. The van der Waals surface area contributed by atoms with E-state index >= 15 is 0 Å². The molecule has 0 atom stereocenters. The number of unbranched alkanes of at least 4 members (excludes halogenated alkanes) is 5. The smallest absolute Gasteiger partial charge is 0.198 e. The number of hydrogen-bond acceptors (Lipinski definition) is 1. The third-order valence-corrected chi connectivity index (χ3v) is 3.11. The van der Waals surface area contributed by atoms with E-state index in [4.69, 9.17) is 0 Å². The van der Waals surface area contributed by atoms with Gasteiger partial charge in [-0.05, 0) is 44.9 Å². The minimum Gasteiger partial charge on any atom is -0.291 e. The molecule has 0 aromatic heterocycles. The van der Waals surface area contributed by atoms with Gasteiger partial charge in [-0.3, -0.25) is 4.79 Å². The molecular weight excluding hydrogens is 256 g/mol. The van der Waals surface area contributed by atoms with Crippen LogP contribution in [-0.2, 0) is 4.79 Å². The van der Waals surface area contributed by atoms with E-state index in [9.17, 15) is 4.79 Å². The van der Waals surface area contributed by atoms with Crippen molar-refractivity contribution in [3.8, 4) is 0 Å². The van der Waals surface area contributed by atoms with E-state index in [0.29, 0.717) is 6.42 Å². The van der Waals surface area contributed by atoms with E-state index in [1.807, 2.05) is 6.29 Å². The molecule has 0 saturated heterocycles. The second kappa shape index (κ2) is 18.6. The number of hydrogen-bond donors (Lipinski definition) is 0. The lowest BCUT2D eigenvalue weighted by Gasteiger charge is -1.90. The first kappa shape index (κ1) is 19.6. The molecule has 0 saturated carbocycles. The molecule has 0 N–H and O–H groups in total. The second-order valence-corrected chi connectivity index (χ2v) is 5.13. The molecule has 1 nitrogen and oxygen atoms in total. The van der Waals surface area contributed by atoms with E-state index < -0.39 is 0 Å². The van der Waals surface area contributed by atoms with Crippen LogP contribution in [0.2, 0.25) is 0 Å². The SMILES string of the molecule is CCCCC/C=C\C/C=C\C/C=C\C/C=C\CCC[C]=O. The molecular formula is C20H31O. The maximum atomic E-state index is 9.99. The van der Waals surface area contributed by atoms with Crippen LogP contribution < -0.4 is 0 Å². The zero-order chi connectivity index (χ0) is 15.4. The highest BCUT2D eigenvalue weighted by atomic mass is 16.1. The monoisotopic (exact) mass is 287 g/mol. The van der Waals surface area contributed by atoms with Gasteiger partial charge in [0.25, 0.3) is 0 Å². The largest absolute Gasteiger partial charge is 0.291 e. The van der Waals surface area contributed by atoms with Gasteiger partial charge in [0.15, 0.2) is 6.29 Å². The average Bonchev–Trinajstić information content (AvgIpc) is 2.50. The van der Waals surface area contributed by atoms with Crippen LogP contribution in [0.1, 0.15) is 71.1 Å². The third-order valence-electron chi connectivity index (χ3n) is 3.11. The van der Waals surface area contributed by atoms with Gasteiger partial charge in [0.2, 0.25) is 0 Å². The standard InChI is InChI=1S/C20H31O/c1-2-3-4-5-6-7-8-9-10-11-12-13-14-15-16-17-18-19-20-21/h6-7,9-10,12-13,15-16H,2-5,8,11,14,17-19H2,1H3/b7-6-,10-9-,13-12-,16-15-. The highest BCUT2D eigenvalue weighted by molar-refractivity contribution is 5.50. The summed E-state index contributed by atoms with van der Waals surface area (Å²) in [5.41, 5.74) is 0. The zero-order valence-electron chi connectivity index (χ0n) is 13.6. The summed E-state index contributed by atoms with van der Waals surface area (Å²) in [5.74, 6) is 0. The van der Waals surface area contributed by atoms with Gasteiger partial charge in [-0.1, -0.05) is 68.4 Å². The van der Waals surface area contributed by atoms with Crippen molar-refractivity contribution in [3.05, 3.63) is 48.6 Å². The molecule has 0 aliphatic carbocycles. The lowest BCUT2D eigenvalue weighted by molar-refractivity contribution is 0.549. The van der Waals surface area contributed by atoms with Gasteiger partial charge in [-0.25, -0.2) is 0 Å². The first-order valence-corrected chi connectivity index (χ1v) is 8.36. The first-order valence-electron chi connectivity index (χ1n) is 8.36. The molecule has 0 aliphatic heterocycles. The molecule has 0 fully saturated rings. The first-order chi connectivity index (χ1) is 10.4. The minimum absolute atomic E-state index is 0.554. The summed E-state index contributed by atoms with van der Waals surface area (Å²) in [6, 6.07) is 0. The van der Waals surface area contributed by atoms with Gasteiger partial charge in [0.1, 0.15) is 0 Å². The van der Waals surface area contributed by atoms with Gasteiger partial charge < -0.3 is 0 Å². The molecule has 117 valence electrons. The molecule has 0 aromatic rings. The quantitative estimate of drug-likeness (QED) is 0.273. The zero-order valence-corrected chi connectivity index (χ0v) is 13.6. The topological polar surface area (TPSA) is 17.1 Å². The van der Waals surface area contributed by atoms with Gasteiger partial charge in [-0.2, -0.15) is 0 Å². The molecule has 21 heavy (non-hydrogen) atoms. The summed E-state index contributed by atoms with van der Waals surface area (Å²) >= 11 is 0. The van der Waals surface area contributed by atoms with Gasteiger partial charge in [0, 0.05) is 6.42 Å². The molecule has 0 aliphatic rings. The van der Waals surface area contributed by atoms with Crippen molar-refractivity contribution in [1.29, 1.82) is 0 Å². The van der Waals surface area contributed by atoms with Crippen molar-refractivity contribution in [2.24, 2.45) is 0 Å². The predicted molar refractivity (Wildman–Crippen MR) is 94.1 cm³/mol. The van der Waals surface area contributed by atoms with Crippen LogP contribution in [0.15, 0.2) is 48.6 Å². The summed E-state index contributed by atoms with van der Waals surface area (Å²) in [7, 11) is 0. The minimum atomic E-state index is 0.554. The van der Waals surface area contributed by atoms with E-state index in [0.717, 1.165) is 32.1 Å². The Bertz CT molecular complexity index is 321. The maximum absolute atomic E-state index is 9.99. The molecule has 0 amide bonds. The summed E-state index contributed by atoms with van der Waals surface area (Å²) in [4.78, 5) is 9.99. The fourth-order valence-electron chi connectivity index (χ4n) is 1.85. The summed E-state index contributed by atoms with van der Waals surface area (Å²) in [6.45, 7) is 2.24. The number of allylic oxidation sites excluding steroid dienone is 8. The van der Waals surface area contributed by atoms with Crippen molar-refractivity contribution in [2.75, 3.05) is 0 Å². The Morgan fingerprint density at radius 3 is 1.62 bits per heavy atom. The third kappa shape index (κ3) is 18.6. The van der Waals surface area contributed by atoms with Crippen molar-refractivity contribution in [1.82, 2.24) is 0 Å². The fraction of sp³-hybridized carbons (Fsp3) is 0.550. The molecule has 1 heteroatoms. The van der Waals surface area contributed by atoms with Gasteiger partial charge in [-0.15, -0.1) is 0 Å². The molecule has 0 unspecified atom stereocenters. The summed E-state index contributed by atoms with van der Waals surface area (Å²) < 4.78 is 0. The van der Waals surface area contributed by atoms with Crippen molar-refractivity contribution >= 4 is 6.29 Å². The van der Waals surface area contributed by atoms with Crippen LogP contribution >= 0.6 is 0 Å². The number of rotatable bonds is 14. The number of carbonyl (C=O) groups excluding carboxylic acids is 1. The fourth-order valence-corrected chi connectivity index (χ4v) is 1.85. The Balaban J connectivity index is 3.37. The highest BCUT2D eigenvalue weighted by Gasteiger charge is 1.82. The van der Waals surface area contributed by atoms with Crippen molar-refractivity contribution in [2.45, 2.75) is 71.1 Å². The van der Waals surface area contributed by atoms with Crippen LogP contribution in [0.3, 0.4) is 0 Å². The Morgan fingerprint density at radius 2 is 1.14 bits per heavy atom. The second-order valence-electron chi connectivity index (χ2n) is 5.13. The predicted octanol–water partition coefficient (Wildman–Crippen LogP) is 6.24. The van der Waals surface area contributed by atoms with Crippen LogP contribution in [0.5, 0.6) is 0 Å². The van der Waals surface area contributed by atoms with Crippen LogP contribution in [-0.4, -0.2) is 6.29 Å². The molecule has 0 spiro atoms. The Labute approximate surface area is 131 Å². The lowest BCUT2D eigenvalue weighted by Crippen LogP contribution is -1.73. The van der Waals surface area contributed by atoms with Crippen molar-refractivity contribution in [3.63, 3.8) is 0 Å². The van der Waals surface area contributed by atoms with E-state index in [1.165, 1.54) is 25.7 Å². The lowest BCUT2D eigenvalue weighted by atomic mass is 10.2.